The number of carbonyl (C=O) groups excluding carboxylic acids is 2. The third-order valence-corrected chi connectivity index (χ3v) is 5.91. The zero-order valence-electron chi connectivity index (χ0n) is 17.5. The third-order valence-electron chi connectivity index (χ3n) is 5.00. The number of methoxy groups -OCH3 is 1. The van der Waals surface area contributed by atoms with Gasteiger partial charge >= 0.3 is 12.2 Å². The van der Waals surface area contributed by atoms with Crippen LogP contribution in [0.3, 0.4) is 0 Å². The number of thiophene rings is 1. The molecule has 2 amide bonds. The van der Waals surface area contributed by atoms with Gasteiger partial charge in [-0.25, -0.2) is 14.5 Å². The van der Waals surface area contributed by atoms with Gasteiger partial charge in [0.05, 0.1) is 40.9 Å². The molecule has 2 aromatic heterocycles. The van der Waals surface area contributed by atoms with E-state index >= 15 is 0 Å². The molecule has 0 unspecified atom stereocenters. The molecule has 0 bridgehead atoms. The topological polar surface area (TPSA) is 98.0 Å². The van der Waals surface area contributed by atoms with Gasteiger partial charge in [-0.05, 0) is 44.6 Å². The number of imide groups is 1. The van der Waals surface area contributed by atoms with Crippen molar-refractivity contribution in [3.05, 3.63) is 17.6 Å². The zero-order chi connectivity index (χ0) is 21.3. The van der Waals surface area contributed by atoms with Crippen molar-refractivity contribution in [1.29, 1.82) is 0 Å². The molecule has 8 nitrogen and oxygen atoms in total. The Bertz CT molecular complexity index is 908. The summed E-state index contributed by atoms with van der Waals surface area (Å²) in [6, 6.07) is 1.54. The molecule has 3 rings (SSSR count). The van der Waals surface area contributed by atoms with Crippen LogP contribution in [-0.2, 0) is 9.47 Å². The number of pyridine rings is 1. The van der Waals surface area contributed by atoms with Crippen molar-refractivity contribution >= 4 is 45.1 Å². The van der Waals surface area contributed by atoms with Crippen LogP contribution in [0.1, 0.15) is 34.1 Å². The van der Waals surface area contributed by atoms with Crippen LogP contribution in [0, 0.1) is 5.92 Å². The molecule has 0 radical (unpaired) electrons. The Kier molecular flexibility index (Phi) is 5.88. The predicted molar refractivity (Wildman–Crippen MR) is 114 cm³/mol. The molecule has 1 saturated heterocycles. The van der Waals surface area contributed by atoms with E-state index in [1.165, 1.54) is 7.11 Å². The first kappa shape index (κ1) is 21.2. The van der Waals surface area contributed by atoms with Gasteiger partial charge in [-0.15, -0.1) is 11.3 Å². The Morgan fingerprint density at radius 3 is 2.72 bits per heavy atom. The molecule has 9 heteroatoms. The standard InChI is InChI=1S/C20H28N4O4S/c1-12-6-8-23(16-13(21)10-22-14-7-9-29-17(14)16)11-15(12)24(18(25)27-5)19(26)28-20(2,3)4/h7,9-10,12,15H,6,8,11,21H2,1-5H3/t12-,15+/m0/s1. The molecule has 2 N–H and O–H groups in total. The lowest BCUT2D eigenvalue weighted by Crippen LogP contribution is -2.57. The second kappa shape index (κ2) is 8.06. The van der Waals surface area contributed by atoms with Crippen LogP contribution < -0.4 is 10.6 Å². The summed E-state index contributed by atoms with van der Waals surface area (Å²) in [6.45, 7) is 8.53. The van der Waals surface area contributed by atoms with E-state index in [9.17, 15) is 9.59 Å². The van der Waals surface area contributed by atoms with E-state index in [0.717, 1.165) is 33.8 Å². The number of piperidine rings is 1. The Labute approximate surface area is 174 Å². The number of hydrogen-bond donors (Lipinski definition) is 1. The van der Waals surface area contributed by atoms with Gasteiger partial charge in [0.15, 0.2) is 0 Å². The lowest BCUT2D eigenvalue weighted by Gasteiger charge is -2.42. The summed E-state index contributed by atoms with van der Waals surface area (Å²) in [4.78, 5) is 33.0. The number of carbonyl (C=O) groups is 2. The summed E-state index contributed by atoms with van der Waals surface area (Å²) < 4.78 is 11.4. The Balaban J connectivity index is 1.94. The first-order valence-electron chi connectivity index (χ1n) is 9.59. The summed E-state index contributed by atoms with van der Waals surface area (Å²) in [5, 5.41) is 1.98. The smallest absolute Gasteiger partial charge is 0.420 e. The molecule has 158 valence electrons. The molecule has 0 aliphatic carbocycles. The van der Waals surface area contributed by atoms with Crippen molar-refractivity contribution in [2.45, 2.75) is 45.8 Å². The predicted octanol–water partition coefficient (Wildman–Crippen LogP) is 4.10. The van der Waals surface area contributed by atoms with Crippen LogP contribution >= 0.6 is 11.3 Å². The molecule has 0 aromatic carbocycles. The van der Waals surface area contributed by atoms with Crippen molar-refractivity contribution < 1.29 is 19.1 Å². The maximum Gasteiger partial charge on any atom is 0.420 e. The monoisotopic (exact) mass is 420 g/mol. The quantitative estimate of drug-likeness (QED) is 0.781. The number of fused-ring (bicyclic) bond motifs is 1. The van der Waals surface area contributed by atoms with E-state index in [-0.39, 0.29) is 5.92 Å². The van der Waals surface area contributed by atoms with Crippen molar-refractivity contribution in [3.63, 3.8) is 0 Å². The molecular formula is C20H28N4O4S. The largest absolute Gasteiger partial charge is 0.452 e. The average Bonchev–Trinajstić information content (AvgIpc) is 3.10. The molecule has 2 atom stereocenters. The number of amides is 2. The second-order valence-electron chi connectivity index (χ2n) is 8.30. The van der Waals surface area contributed by atoms with Gasteiger partial charge in [-0.3, -0.25) is 4.98 Å². The Morgan fingerprint density at radius 2 is 2.07 bits per heavy atom. The van der Waals surface area contributed by atoms with Crippen molar-refractivity contribution in [2.75, 3.05) is 30.8 Å². The molecular weight excluding hydrogens is 392 g/mol. The van der Waals surface area contributed by atoms with E-state index in [4.69, 9.17) is 15.2 Å². The van der Waals surface area contributed by atoms with Crippen LogP contribution in [0.2, 0.25) is 0 Å². The SMILES string of the molecule is COC(=O)N(C(=O)OC(C)(C)C)[C@@H]1CN(c2c(N)cnc3ccsc23)CC[C@@H]1C. The number of hydrogen-bond acceptors (Lipinski definition) is 8. The number of nitrogen functional groups attached to an aromatic ring is 1. The highest BCUT2D eigenvalue weighted by atomic mass is 32.1. The van der Waals surface area contributed by atoms with Crippen LogP contribution in [-0.4, -0.2) is 53.9 Å². The minimum atomic E-state index is -0.723. The highest BCUT2D eigenvalue weighted by Gasteiger charge is 2.40. The fourth-order valence-electron chi connectivity index (χ4n) is 3.58. The number of nitrogens with zero attached hydrogens (tertiary/aromatic N) is 3. The molecule has 1 fully saturated rings. The Morgan fingerprint density at radius 1 is 1.34 bits per heavy atom. The average molecular weight is 421 g/mol. The lowest BCUT2D eigenvalue weighted by atomic mass is 9.92. The molecule has 3 heterocycles. The number of rotatable bonds is 2. The second-order valence-corrected chi connectivity index (χ2v) is 9.21. The highest BCUT2D eigenvalue weighted by Crippen LogP contribution is 2.38. The number of nitrogens with two attached hydrogens (primary N) is 1. The van der Waals surface area contributed by atoms with Crippen LogP contribution in [0.5, 0.6) is 0 Å². The van der Waals surface area contributed by atoms with E-state index in [1.807, 2.05) is 18.4 Å². The van der Waals surface area contributed by atoms with Gasteiger partial charge in [0.25, 0.3) is 0 Å². The summed E-state index contributed by atoms with van der Waals surface area (Å²) in [7, 11) is 1.26. The molecule has 1 aliphatic rings. The summed E-state index contributed by atoms with van der Waals surface area (Å²) in [6.07, 6.45) is 1.02. The van der Waals surface area contributed by atoms with E-state index < -0.39 is 23.8 Å². The molecule has 0 saturated carbocycles. The van der Waals surface area contributed by atoms with Crippen molar-refractivity contribution in [1.82, 2.24) is 9.88 Å². The minimum absolute atomic E-state index is 0.0831. The maximum absolute atomic E-state index is 12.8. The first-order chi connectivity index (χ1) is 13.6. The van der Waals surface area contributed by atoms with Gasteiger partial charge in [-0.2, -0.15) is 0 Å². The molecule has 29 heavy (non-hydrogen) atoms. The molecule has 0 spiro atoms. The summed E-state index contributed by atoms with van der Waals surface area (Å²) >= 11 is 1.58. The Hall–Kier alpha value is -2.55. The summed E-state index contributed by atoms with van der Waals surface area (Å²) in [5.41, 5.74) is 7.90. The van der Waals surface area contributed by atoms with Gasteiger partial charge < -0.3 is 20.1 Å². The number of anilines is 2. The molecule has 1 aliphatic heterocycles. The van der Waals surface area contributed by atoms with E-state index in [0.29, 0.717) is 12.2 Å². The van der Waals surface area contributed by atoms with Crippen molar-refractivity contribution in [3.8, 4) is 0 Å². The fourth-order valence-corrected chi connectivity index (χ4v) is 4.51. The van der Waals surface area contributed by atoms with Crippen molar-refractivity contribution in [2.24, 2.45) is 5.92 Å². The van der Waals surface area contributed by atoms with Gasteiger partial charge in [0.2, 0.25) is 0 Å². The highest BCUT2D eigenvalue weighted by molar-refractivity contribution is 7.17. The maximum atomic E-state index is 12.8. The van der Waals surface area contributed by atoms with Crippen LogP contribution in [0.15, 0.2) is 17.6 Å². The third kappa shape index (κ3) is 4.39. The lowest BCUT2D eigenvalue weighted by molar-refractivity contribution is 0.00981. The zero-order valence-corrected chi connectivity index (χ0v) is 18.3. The minimum Gasteiger partial charge on any atom is -0.452 e. The van der Waals surface area contributed by atoms with Gasteiger partial charge in [-0.1, -0.05) is 6.92 Å². The normalized spacial score (nSPS) is 19.8. The first-order valence-corrected chi connectivity index (χ1v) is 10.5. The summed E-state index contributed by atoms with van der Waals surface area (Å²) in [5.74, 6) is 0.0831. The number of aromatic nitrogens is 1. The van der Waals surface area contributed by atoms with Gasteiger partial charge in [0, 0.05) is 13.1 Å². The molecule has 2 aromatic rings. The van der Waals surface area contributed by atoms with E-state index in [1.54, 1.807) is 38.3 Å². The van der Waals surface area contributed by atoms with Crippen LogP contribution in [0.25, 0.3) is 10.2 Å². The fraction of sp³-hybridized carbons (Fsp3) is 0.550. The number of ether oxygens (including phenoxy) is 2. The van der Waals surface area contributed by atoms with Gasteiger partial charge in [0.1, 0.15) is 5.60 Å². The van der Waals surface area contributed by atoms with Crippen LogP contribution in [0.4, 0.5) is 21.0 Å². The van der Waals surface area contributed by atoms with E-state index in [2.05, 4.69) is 9.88 Å².